The predicted molar refractivity (Wildman–Crippen MR) is 118 cm³/mol. The fourth-order valence-electron chi connectivity index (χ4n) is 3.33. The van der Waals surface area contributed by atoms with Crippen LogP contribution in [0.1, 0.15) is 26.3 Å². The number of carbonyl (C=O) groups is 2. The molecule has 0 atom stereocenters. The molecule has 11 nitrogen and oxygen atoms in total. The Kier molecular flexibility index (Phi) is 6.71. The second-order valence-electron chi connectivity index (χ2n) is 6.85. The van der Waals surface area contributed by atoms with Crippen molar-refractivity contribution in [3.63, 3.8) is 0 Å². The summed E-state index contributed by atoms with van der Waals surface area (Å²) in [6.07, 6.45) is 0. The predicted octanol–water partition coefficient (Wildman–Crippen LogP) is 0.288. The molecule has 0 aliphatic rings. The molecule has 0 amide bonds. The Bertz CT molecular complexity index is 1270. The lowest BCUT2D eigenvalue weighted by molar-refractivity contribution is 0.0695. The number of aromatic carboxylic acids is 2. The minimum Gasteiger partial charge on any atom is -0.493 e. The van der Waals surface area contributed by atoms with Crippen LogP contribution >= 0.6 is 0 Å². The third-order valence-corrected chi connectivity index (χ3v) is 4.77. The maximum Gasteiger partial charge on any atom is 0.492 e. The van der Waals surface area contributed by atoms with Crippen molar-refractivity contribution in [1.82, 2.24) is 4.98 Å². The van der Waals surface area contributed by atoms with Crippen LogP contribution in [0.4, 0.5) is 5.82 Å². The first-order valence-electron chi connectivity index (χ1n) is 9.43. The number of nitrogens with two attached hydrogens (primary N) is 1. The van der Waals surface area contributed by atoms with Crippen LogP contribution in [-0.4, -0.2) is 51.4 Å². The summed E-state index contributed by atoms with van der Waals surface area (Å²) in [5, 5.41) is 39.1. The number of hydrogen-bond acceptors (Lipinski definition) is 8. The zero-order chi connectivity index (χ0) is 24.3. The number of ether oxygens (including phenoxy) is 2. The number of hydrogen-bond donors (Lipinski definition) is 6. The van der Waals surface area contributed by atoms with Crippen molar-refractivity contribution in [1.29, 1.82) is 0 Å². The number of nitrogen functional groups attached to an aromatic ring is 1. The zero-order valence-electron chi connectivity index (χ0n) is 17.2. The van der Waals surface area contributed by atoms with E-state index in [1.54, 1.807) is 24.3 Å². The van der Waals surface area contributed by atoms with Crippen molar-refractivity contribution in [2.45, 2.75) is 6.61 Å². The minimum atomic E-state index is -2.11. The Morgan fingerprint density at radius 3 is 2.24 bits per heavy atom. The summed E-state index contributed by atoms with van der Waals surface area (Å²) in [6.45, 7) is 0.0367. The monoisotopic (exact) mass is 454 g/mol. The Balaban J connectivity index is 2.28. The average molecular weight is 454 g/mol. The first-order valence-corrected chi connectivity index (χ1v) is 9.43. The van der Waals surface area contributed by atoms with Crippen molar-refractivity contribution < 1.29 is 39.3 Å². The van der Waals surface area contributed by atoms with E-state index in [0.717, 1.165) is 11.6 Å². The van der Waals surface area contributed by atoms with Crippen LogP contribution in [0, 0.1) is 0 Å². The summed E-state index contributed by atoms with van der Waals surface area (Å²) in [5.41, 5.74) is 2.81. The number of anilines is 1. The van der Waals surface area contributed by atoms with Gasteiger partial charge in [0.05, 0.1) is 7.11 Å². The maximum absolute atomic E-state index is 12.3. The summed E-state index contributed by atoms with van der Waals surface area (Å²) < 4.78 is 11.0. The van der Waals surface area contributed by atoms with Gasteiger partial charge >= 0.3 is 19.1 Å². The fraction of sp³-hybridized carbons (Fsp3) is 0.0952. The number of carboxylic acid groups (broad SMARTS) is 2. The van der Waals surface area contributed by atoms with E-state index in [0.29, 0.717) is 0 Å². The van der Waals surface area contributed by atoms with Crippen molar-refractivity contribution >= 4 is 30.3 Å². The number of nitrogens with one attached hydrogen (secondary N) is 1. The normalized spacial score (nSPS) is 10.5. The number of rotatable bonds is 8. The van der Waals surface area contributed by atoms with Gasteiger partial charge in [-0.2, -0.15) is 0 Å². The number of benzene rings is 2. The van der Waals surface area contributed by atoms with Gasteiger partial charge in [0.25, 0.3) is 5.56 Å². The van der Waals surface area contributed by atoms with Gasteiger partial charge in [-0.1, -0.05) is 36.4 Å². The molecule has 7 N–H and O–H groups in total. The van der Waals surface area contributed by atoms with Gasteiger partial charge in [-0.05, 0) is 17.2 Å². The van der Waals surface area contributed by atoms with Crippen molar-refractivity contribution in [2.75, 3.05) is 12.8 Å². The minimum absolute atomic E-state index is 0.0367. The van der Waals surface area contributed by atoms with Crippen molar-refractivity contribution in [3.05, 3.63) is 69.5 Å². The molecular formula is C21H19BN2O9. The van der Waals surface area contributed by atoms with E-state index in [4.69, 9.17) is 15.2 Å². The quantitative estimate of drug-likeness (QED) is 0.258. The molecule has 1 heterocycles. The standard InChI is InChI=1S/C21H19BN2O9/c1-32-13-8-11(14-15(20(26)27)18(23)24-19(25)16(14)21(28)29)7-12(22(30)31)17(13)33-9-10-5-3-2-4-6-10/h2-8,30-31H,9H2,1H3,(H,26,27)(H,28,29)(H3,23,24,25). The van der Waals surface area contributed by atoms with Gasteiger partial charge < -0.3 is 40.5 Å². The molecule has 0 radical (unpaired) electrons. The maximum atomic E-state index is 12.3. The molecule has 33 heavy (non-hydrogen) atoms. The van der Waals surface area contributed by atoms with Gasteiger partial charge in [0.2, 0.25) is 0 Å². The van der Waals surface area contributed by atoms with Crippen LogP contribution in [-0.2, 0) is 6.61 Å². The number of pyridine rings is 1. The third-order valence-electron chi connectivity index (χ3n) is 4.77. The van der Waals surface area contributed by atoms with Crippen LogP contribution in [0.3, 0.4) is 0 Å². The summed E-state index contributed by atoms with van der Waals surface area (Å²) in [5.74, 6) is -3.99. The molecule has 2 aromatic carbocycles. The molecule has 0 saturated heterocycles. The van der Waals surface area contributed by atoms with Gasteiger partial charge in [-0.3, -0.25) is 4.79 Å². The molecule has 0 aliphatic heterocycles. The fourth-order valence-corrected chi connectivity index (χ4v) is 3.33. The molecule has 1 aromatic heterocycles. The Morgan fingerprint density at radius 2 is 1.70 bits per heavy atom. The first kappa shape index (κ1) is 23.4. The van der Waals surface area contributed by atoms with Gasteiger partial charge in [0.1, 0.15) is 23.6 Å². The summed E-state index contributed by atoms with van der Waals surface area (Å²) in [6, 6.07) is 11.3. The SMILES string of the molecule is COc1cc(-c2c(C(=O)O)c(N)[nH]c(=O)c2C(=O)O)cc(B(O)O)c1OCc1ccccc1. The highest BCUT2D eigenvalue weighted by molar-refractivity contribution is 6.60. The zero-order valence-corrected chi connectivity index (χ0v) is 17.2. The van der Waals surface area contributed by atoms with Crippen LogP contribution < -0.4 is 26.2 Å². The molecule has 0 fully saturated rings. The van der Waals surface area contributed by atoms with Gasteiger partial charge in [0.15, 0.2) is 11.5 Å². The number of aromatic nitrogens is 1. The molecule has 3 rings (SSSR count). The number of methoxy groups -OCH3 is 1. The van der Waals surface area contributed by atoms with E-state index in [9.17, 15) is 34.6 Å². The Hall–Kier alpha value is -4.29. The van der Waals surface area contributed by atoms with E-state index < -0.39 is 47.1 Å². The second-order valence-corrected chi connectivity index (χ2v) is 6.85. The van der Waals surface area contributed by atoms with E-state index in [1.165, 1.54) is 13.2 Å². The molecule has 12 heteroatoms. The topological polar surface area (TPSA) is 192 Å². The van der Waals surface area contributed by atoms with E-state index in [2.05, 4.69) is 0 Å². The van der Waals surface area contributed by atoms with Crippen LogP contribution in [0.5, 0.6) is 11.5 Å². The number of carboxylic acids is 2. The number of H-pyrrole nitrogens is 1. The highest BCUT2D eigenvalue weighted by Crippen LogP contribution is 2.35. The van der Waals surface area contributed by atoms with Crippen molar-refractivity contribution in [2.24, 2.45) is 0 Å². The largest absolute Gasteiger partial charge is 0.493 e. The Morgan fingerprint density at radius 1 is 1.06 bits per heavy atom. The van der Waals surface area contributed by atoms with Crippen LogP contribution in [0.25, 0.3) is 11.1 Å². The molecule has 3 aromatic rings. The molecule has 0 spiro atoms. The molecule has 0 aliphatic carbocycles. The molecular weight excluding hydrogens is 435 g/mol. The van der Waals surface area contributed by atoms with Gasteiger partial charge in [-0.25, -0.2) is 9.59 Å². The van der Waals surface area contributed by atoms with Crippen molar-refractivity contribution in [3.8, 4) is 22.6 Å². The summed E-state index contributed by atoms with van der Waals surface area (Å²) in [7, 11) is -0.852. The average Bonchev–Trinajstić information content (AvgIpc) is 2.76. The van der Waals surface area contributed by atoms with Crippen LogP contribution in [0.15, 0.2) is 47.3 Å². The molecule has 170 valence electrons. The second kappa shape index (κ2) is 9.46. The lowest BCUT2D eigenvalue weighted by Gasteiger charge is -2.19. The first-order chi connectivity index (χ1) is 15.6. The lowest BCUT2D eigenvalue weighted by atomic mass is 9.77. The van der Waals surface area contributed by atoms with E-state index in [1.807, 2.05) is 11.1 Å². The molecule has 0 bridgehead atoms. The summed E-state index contributed by atoms with van der Waals surface area (Å²) >= 11 is 0. The number of aromatic amines is 1. The van der Waals surface area contributed by atoms with E-state index in [-0.39, 0.29) is 29.1 Å². The van der Waals surface area contributed by atoms with E-state index >= 15 is 0 Å². The van der Waals surface area contributed by atoms with Gasteiger partial charge in [-0.15, -0.1) is 0 Å². The lowest BCUT2D eigenvalue weighted by Crippen LogP contribution is -2.32. The molecule has 0 saturated carbocycles. The highest BCUT2D eigenvalue weighted by Gasteiger charge is 2.30. The molecule has 0 unspecified atom stereocenters. The van der Waals surface area contributed by atoms with Gasteiger partial charge in [0, 0.05) is 11.0 Å². The third kappa shape index (κ3) is 4.66. The van der Waals surface area contributed by atoms with Crippen LogP contribution in [0.2, 0.25) is 0 Å². The highest BCUT2D eigenvalue weighted by atomic mass is 16.5. The summed E-state index contributed by atoms with van der Waals surface area (Å²) in [4.78, 5) is 37.9. The Labute approximate surface area is 186 Å². The smallest absolute Gasteiger partial charge is 0.492 e.